The Kier molecular flexibility index (Phi) is 6.12. The smallest absolute Gasteiger partial charge is 0.405 e. The normalized spacial score (nSPS) is 16.5. The van der Waals surface area contributed by atoms with Crippen molar-refractivity contribution in [2.75, 3.05) is 0 Å². The van der Waals surface area contributed by atoms with Crippen LogP contribution in [0.4, 0.5) is 18.0 Å². The minimum absolute atomic E-state index is 0.0230. The maximum atomic E-state index is 12.3. The van der Waals surface area contributed by atoms with Gasteiger partial charge < -0.3 is 15.4 Å². The van der Waals surface area contributed by atoms with Gasteiger partial charge in [0.1, 0.15) is 5.75 Å². The zero-order valence-electron chi connectivity index (χ0n) is 12.8. The van der Waals surface area contributed by atoms with E-state index in [9.17, 15) is 18.0 Å². The van der Waals surface area contributed by atoms with E-state index in [0.717, 1.165) is 25.7 Å². The third kappa shape index (κ3) is 6.38. The lowest BCUT2D eigenvalue weighted by molar-refractivity contribution is -0.274. The molecule has 1 fully saturated rings. The van der Waals surface area contributed by atoms with E-state index in [2.05, 4.69) is 15.4 Å². The molecular weight excluding hydrogens is 309 g/mol. The molecule has 4 nitrogen and oxygen atoms in total. The van der Waals surface area contributed by atoms with Gasteiger partial charge in [0.25, 0.3) is 0 Å². The summed E-state index contributed by atoms with van der Waals surface area (Å²) in [4.78, 5) is 11.9. The molecule has 2 rings (SSSR count). The van der Waals surface area contributed by atoms with Crippen LogP contribution in [0.3, 0.4) is 0 Å². The lowest BCUT2D eigenvalue weighted by Crippen LogP contribution is -2.41. The number of hydrogen-bond acceptors (Lipinski definition) is 2. The van der Waals surface area contributed by atoms with Crippen LogP contribution in [0, 0.1) is 0 Å². The van der Waals surface area contributed by atoms with Crippen molar-refractivity contribution in [3.05, 3.63) is 29.8 Å². The number of para-hydroxylation sites is 1. The van der Waals surface area contributed by atoms with E-state index < -0.39 is 6.36 Å². The van der Waals surface area contributed by atoms with E-state index in [0.29, 0.717) is 0 Å². The average Bonchev–Trinajstić information content (AvgIpc) is 2.73. The van der Waals surface area contributed by atoms with E-state index in [-0.39, 0.29) is 29.9 Å². The highest BCUT2D eigenvalue weighted by atomic mass is 19.4. The van der Waals surface area contributed by atoms with Gasteiger partial charge >= 0.3 is 12.4 Å². The fourth-order valence-electron chi connectivity index (χ4n) is 2.71. The van der Waals surface area contributed by atoms with Crippen molar-refractivity contribution in [2.45, 2.75) is 57.5 Å². The Hall–Kier alpha value is -1.92. The summed E-state index contributed by atoms with van der Waals surface area (Å²) in [5.41, 5.74) is 0.279. The Labute approximate surface area is 133 Å². The number of benzene rings is 1. The van der Waals surface area contributed by atoms with Crippen LogP contribution in [-0.2, 0) is 6.54 Å². The fourth-order valence-corrected chi connectivity index (χ4v) is 2.71. The van der Waals surface area contributed by atoms with E-state index in [4.69, 9.17) is 0 Å². The second-order valence-electron chi connectivity index (χ2n) is 5.67. The minimum atomic E-state index is -4.75. The molecule has 0 atom stereocenters. The third-order valence-corrected chi connectivity index (χ3v) is 3.83. The fraction of sp³-hybridized carbons (Fsp3) is 0.562. The Morgan fingerprint density at radius 3 is 2.43 bits per heavy atom. The molecule has 0 bridgehead atoms. The topological polar surface area (TPSA) is 50.4 Å². The van der Waals surface area contributed by atoms with Crippen molar-refractivity contribution in [1.82, 2.24) is 10.6 Å². The first kappa shape index (κ1) is 17.4. The van der Waals surface area contributed by atoms with Crippen molar-refractivity contribution >= 4 is 6.03 Å². The molecule has 2 N–H and O–H groups in total. The van der Waals surface area contributed by atoms with Crippen molar-refractivity contribution < 1.29 is 22.7 Å². The van der Waals surface area contributed by atoms with Crippen LogP contribution in [0.5, 0.6) is 5.75 Å². The van der Waals surface area contributed by atoms with Gasteiger partial charge in [0.2, 0.25) is 0 Å². The van der Waals surface area contributed by atoms with Gasteiger partial charge in [-0.1, -0.05) is 43.9 Å². The van der Waals surface area contributed by atoms with E-state index in [1.165, 1.54) is 31.0 Å². The van der Waals surface area contributed by atoms with Crippen molar-refractivity contribution in [1.29, 1.82) is 0 Å². The monoisotopic (exact) mass is 330 g/mol. The van der Waals surface area contributed by atoms with Crippen molar-refractivity contribution in [3.63, 3.8) is 0 Å². The van der Waals surface area contributed by atoms with Crippen LogP contribution in [-0.4, -0.2) is 18.4 Å². The molecule has 0 aliphatic heterocycles. The second kappa shape index (κ2) is 8.08. The highest BCUT2D eigenvalue weighted by Gasteiger charge is 2.32. The molecule has 1 aliphatic carbocycles. The SMILES string of the molecule is O=C(NCc1ccccc1OC(F)(F)F)NC1CCCCCC1. The van der Waals surface area contributed by atoms with Gasteiger partial charge in [-0.25, -0.2) is 4.79 Å². The Bertz CT molecular complexity index is 512. The molecule has 0 spiro atoms. The van der Waals surface area contributed by atoms with Crippen LogP contribution < -0.4 is 15.4 Å². The number of amides is 2. The summed E-state index contributed by atoms with van der Waals surface area (Å²) in [6.07, 6.45) is 1.69. The van der Waals surface area contributed by atoms with E-state index in [1.807, 2.05) is 0 Å². The number of hydrogen-bond donors (Lipinski definition) is 2. The predicted octanol–water partition coefficient (Wildman–Crippen LogP) is 4.11. The Balaban J connectivity index is 1.86. The molecule has 0 saturated heterocycles. The number of carbonyl (C=O) groups is 1. The highest BCUT2D eigenvalue weighted by molar-refractivity contribution is 5.74. The van der Waals surface area contributed by atoms with Gasteiger partial charge in [-0.2, -0.15) is 0 Å². The molecule has 1 aliphatic rings. The van der Waals surface area contributed by atoms with E-state index >= 15 is 0 Å². The molecule has 0 heterocycles. The summed E-state index contributed by atoms with van der Waals surface area (Å²) in [6, 6.07) is 5.55. The predicted molar refractivity (Wildman–Crippen MR) is 80.0 cm³/mol. The highest BCUT2D eigenvalue weighted by Crippen LogP contribution is 2.26. The largest absolute Gasteiger partial charge is 0.573 e. The summed E-state index contributed by atoms with van der Waals surface area (Å²) in [6.45, 7) is -0.0230. The van der Waals surface area contributed by atoms with Crippen LogP contribution in [0.1, 0.15) is 44.1 Å². The van der Waals surface area contributed by atoms with Crippen molar-refractivity contribution in [3.8, 4) is 5.75 Å². The summed E-state index contributed by atoms with van der Waals surface area (Å²) in [7, 11) is 0. The molecule has 128 valence electrons. The molecule has 0 radical (unpaired) electrons. The quantitative estimate of drug-likeness (QED) is 0.816. The summed E-state index contributed by atoms with van der Waals surface area (Å²) in [5, 5.41) is 5.48. The maximum absolute atomic E-state index is 12.3. The molecule has 23 heavy (non-hydrogen) atoms. The molecule has 7 heteroatoms. The first-order chi connectivity index (χ1) is 10.9. The summed E-state index contributed by atoms with van der Waals surface area (Å²) in [5.74, 6) is -0.297. The molecule has 1 saturated carbocycles. The molecular formula is C16H21F3N2O2. The van der Waals surface area contributed by atoms with Crippen LogP contribution in [0.15, 0.2) is 24.3 Å². The lowest BCUT2D eigenvalue weighted by Gasteiger charge is -2.17. The number of urea groups is 1. The van der Waals surface area contributed by atoms with Crippen LogP contribution in [0.25, 0.3) is 0 Å². The standard InChI is InChI=1S/C16H21F3N2O2/c17-16(18,19)23-14-10-6-5-7-12(14)11-20-15(22)21-13-8-3-1-2-4-9-13/h5-7,10,13H,1-4,8-9,11H2,(H2,20,21,22). The first-order valence-electron chi connectivity index (χ1n) is 7.82. The minimum Gasteiger partial charge on any atom is -0.405 e. The van der Waals surface area contributed by atoms with Crippen LogP contribution >= 0.6 is 0 Å². The van der Waals surface area contributed by atoms with Gasteiger partial charge in [-0.05, 0) is 18.9 Å². The number of nitrogens with one attached hydrogen (secondary N) is 2. The second-order valence-corrected chi connectivity index (χ2v) is 5.67. The number of halogens is 3. The summed E-state index contributed by atoms with van der Waals surface area (Å²) < 4.78 is 41.0. The Morgan fingerprint density at radius 1 is 1.13 bits per heavy atom. The van der Waals surface area contributed by atoms with Gasteiger partial charge in [0.15, 0.2) is 0 Å². The van der Waals surface area contributed by atoms with Crippen LogP contribution in [0.2, 0.25) is 0 Å². The van der Waals surface area contributed by atoms with Gasteiger partial charge in [-0.15, -0.1) is 13.2 Å². The number of carbonyl (C=O) groups excluding carboxylic acids is 1. The van der Waals surface area contributed by atoms with Gasteiger partial charge in [0.05, 0.1) is 0 Å². The average molecular weight is 330 g/mol. The third-order valence-electron chi connectivity index (χ3n) is 3.83. The number of alkyl halides is 3. The Morgan fingerprint density at radius 2 is 1.78 bits per heavy atom. The molecule has 0 aromatic heterocycles. The zero-order valence-corrected chi connectivity index (χ0v) is 12.8. The summed E-state index contributed by atoms with van der Waals surface area (Å²) >= 11 is 0. The maximum Gasteiger partial charge on any atom is 0.573 e. The number of rotatable bonds is 4. The number of ether oxygens (including phenoxy) is 1. The molecule has 0 unspecified atom stereocenters. The van der Waals surface area contributed by atoms with Gasteiger partial charge in [0, 0.05) is 18.2 Å². The first-order valence-corrected chi connectivity index (χ1v) is 7.82. The van der Waals surface area contributed by atoms with Gasteiger partial charge in [-0.3, -0.25) is 0 Å². The molecule has 1 aromatic rings. The zero-order chi connectivity index (χ0) is 16.7. The molecule has 1 aromatic carbocycles. The van der Waals surface area contributed by atoms with Crippen molar-refractivity contribution in [2.24, 2.45) is 0 Å². The molecule has 2 amide bonds. The van der Waals surface area contributed by atoms with E-state index in [1.54, 1.807) is 6.07 Å². The lowest BCUT2D eigenvalue weighted by atomic mass is 10.1.